The van der Waals surface area contributed by atoms with Crippen LogP contribution in [0.5, 0.6) is 0 Å². The van der Waals surface area contributed by atoms with Gasteiger partial charge in [-0.2, -0.15) is 0 Å². The van der Waals surface area contributed by atoms with Crippen LogP contribution in [0.1, 0.15) is 6.42 Å². The molecule has 34 valence electrons. The van der Waals surface area contributed by atoms with Crippen LogP contribution >= 0.6 is 22.6 Å². The van der Waals surface area contributed by atoms with Crippen LogP contribution in [0.2, 0.25) is 0 Å². The highest BCUT2D eigenvalue weighted by Crippen LogP contribution is 2.60. The van der Waals surface area contributed by atoms with E-state index in [0.29, 0.717) is 3.61 Å². The molecule has 2 unspecified atom stereocenters. The Morgan fingerprint density at radius 2 is 2.50 bits per heavy atom. The smallest absolute Gasteiger partial charge is 0.124 e. The second kappa shape index (κ2) is 0.777. The molecule has 0 aromatic rings. The number of halogens is 1. The molecule has 2 fully saturated rings. The van der Waals surface area contributed by atoms with Crippen molar-refractivity contribution in [3.05, 3.63) is 0 Å². The Kier molecular flexibility index (Phi) is 0.474. The standard InChI is InChI=1S/C4H5IO/c5-4-1-3(4)2-6-4/h3H,1-2H2. The van der Waals surface area contributed by atoms with Gasteiger partial charge in [0.2, 0.25) is 0 Å². The van der Waals surface area contributed by atoms with Gasteiger partial charge in [-0.25, -0.2) is 0 Å². The van der Waals surface area contributed by atoms with Crippen LogP contribution in [-0.2, 0) is 4.74 Å². The molecule has 0 aromatic heterocycles. The van der Waals surface area contributed by atoms with Gasteiger partial charge in [0.25, 0.3) is 0 Å². The van der Waals surface area contributed by atoms with Crippen molar-refractivity contribution in [1.29, 1.82) is 0 Å². The fraction of sp³-hybridized carbons (Fsp3) is 1.00. The van der Waals surface area contributed by atoms with E-state index in [0.717, 1.165) is 12.5 Å². The number of fused-ring (bicyclic) bond motifs is 1. The van der Waals surface area contributed by atoms with E-state index in [2.05, 4.69) is 22.6 Å². The fourth-order valence-electron chi connectivity index (χ4n) is 0.777. The quantitative estimate of drug-likeness (QED) is 0.417. The Morgan fingerprint density at radius 3 is 2.50 bits per heavy atom. The van der Waals surface area contributed by atoms with Crippen LogP contribution < -0.4 is 0 Å². The maximum atomic E-state index is 5.18. The molecule has 1 saturated carbocycles. The molecule has 0 N–H and O–H groups in total. The van der Waals surface area contributed by atoms with Gasteiger partial charge in [-0.3, -0.25) is 0 Å². The third kappa shape index (κ3) is 0.259. The normalized spacial score (nSPS) is 62.5. The third-order valence-electron chi connectivity index (χ3n) is 1.50. The topological polar surface area (TPSA) is 9.23 Å². The first-order valence-electron chi connectivity index (χ1n) is 2.14. The van der Waals surface area contributed by atoms with Gasteiger partial charge in [-0.1, -0.05) is 0 Å². The fourth-order valence-corrected chi connectivity index (χ4v) is 1.67. The van der Waals surface area contributed by atoms with E-state index in [1.807, 2.05) is 0 Å². The lowest BCUT2D eigenvalue weighted by molar-refractivity contribution is 0.0108. The summed E-state index contributed by atoms with van der Waals surface area (Å²) in [7, 11) is 0. The van der Waals surface area contributed by atoms with Gasteiger partial charge in [0.05, 0.1) is 6.61 Å². The van der Waals surface area contributed by atoms with Gasteiger partial charge in [0.1, 0.15) is 3.61 Å². The first kappa shape index (κ1) is 3.66. The summed E-state index contributed by atoms with van der Waals surface area (Å²) < 4.78 is 5.54. The molecule has 0 radical (unpaired) electrons. The Bertz CT molecular complexity index is 89.5. The highest BCUT2D eigenvalue weighted by Gasteiger charge is 2.61. The van der Waals surface area contributed by atoms with Gasteiger partial charge in [-0.15, -0.1) is 0 Å². The van der Waals surface area contributed by atoms with Gasteiger partial charge >= 0.3 is 0 Å². The van der Waals surface area contributed by atoms with E-state index >= 15 is 0 Å². The number of alkyl halides is 1. The van der Waals surface area contributed by atoms with E-state index in [-0.39, 0.29) is 0 Å². The summed E-state index contributed by atoms with van der Waals surface area (Å²) >= 11 is 2.38. The summed E-state index contributed by atoms with van der Waals surface area (Å²) in [6, 6.07) is 0. The van der Waals surface area contributed by atoms with Crippen molar-refractivity contribution in [2.24, 2.45) is 5.92 Å². The summed E-state index contributed by atoms with van der Waals surface area (Å²) in [6.45, 7) is 1.03. The highest BCUT2D eigenvalue weighted by molar-refractivity contribution is 14.1. The van der Waals surface area contributed by atoms with Crippen molar-refractivity contribution >= 4 is 22.6 Å². The van der Waals surface area contributed by atoms with Gasteiger partial charge in [-0.05, 0) is 29.0 Å². The molecule has 2 rings (SSSR count). The third-order valence-corrected chi connectivity index (χ3v) is 3.13. The molecule has 2 aliphatic rings. The minimum atomic E-state index is 0.359. The SMILES string of the molecule is IC12CC1CO2. The van der Waals surface area contributed by atoms with E-state index in [1.54, 1.807) is 0 Å². The lowest BCUT2D eigenvalue weighted by Gasteiger charge is -2.18. The van der Waals surface area contributed by atoms with E-state index in [9.17, 15) is 0 Å². The molecule has 0 aromatic carbocycles. The molecule has 2 atom stereocenters. The number of rotatable bonds is 0. The molecule has 2 heteroatoms. The first-order chi connectivity index (χ1) is 2.81. The van der Waals surface area contributed by atoms with Crippen molar-refractivity contribution in [3.63, 3.8) is 0 Å². The second-order valence-corrected chi connectivity index (χ2v) is 3.82. The van der Waals surface area contributed by atoms with Crippen molar-refractivity contribution < 1.29 is 4.74 Å². The zero-order valence-corrected chi connectivity index (χ0v) is 5.44. The average molecular weight is 196 g/mol. The molecule has 0 bridgehead atoms. The molecule has 0 spiro atoms. The van der Waals surface area contributed by atoms with Crippen molar-refractivity contribution in [3.8, 4) is 0 Å². The minimum Gasteiger partial charge on any atom is -0.364 e. The van der Waals surface area contributed by atoms with E-state index in [4.69, 9.17) is 4.74 Å². The maximum Gasteiger partial charge on any atom is 0.124 e. The van der Waals surface area contributed by atoms with Crippen LogP contribution in [-0.4, -0.2) is 10.2 Å². The highest BCUT2D eigenvalue weighted by atomic mass is 127. The predicted octanol–water partition coefficient (Wildman–Crippen LogP) is 1.17. The van der Waals surface area contributed by atoms with Crippen LogP contribution in [0.25, 0.3) is 0 Å². The monoisotopic (exact) mass is 196 g/mol. The second-order valence-electron chi connectivity index (χ2n) is 2.00. The lowest BCUT2D eigenvalue weighted by atomic mass is 10.4. The van der Waals surface area contributed by atoms with Gasteiger partial charge in [0, 0.05) is 5.92 Å². The lowest BCUT2D eigenvalue weighted by Crippen LogP contribution is -2.22. The van der Waals surface area contributed by atoms with Gasteiger partial charge in [0.15, 0.2) is 0 Å². The van der Waals surface area contributed by atoms with Crippen LogP contribution in [0.3, 0.4) is 0 Å². The van der Waals surface area contributed by atoms with Crippen molar-refractivity contribution in [2.45, 2.75) is 10.0 Å². The van der Waals surface area contributed by atoms with Crippen molar-refractivity contribution in [1.82, 2.24) is 0 Å². The summed E-state index contributed by atoms with van der Waals surface area (Å²) in [4.78, 5) is 0. The molecule has 6 heavy (non-hydrogen) atoms. The van der Waals surface area contributed by atoms with Crippen LogP contribution in [0.4, 0.5) is 0 Å². The van der Waals surface area contributed by atoms with Gasteiger partial charge < -0.3 is 4.74 Å². The van der Waals surface area contributed by atoms with E-state index < -0.39 is 0 Å². The zero-order valence-electron chi connectivity index (χ0n) is 3.28. The number of ether oxygens (including phenoxy) is 1. The molecule has 0 amide bonds. The molecule has 1 aliphatic heterocycles. The van der Waals surface area contributed by atoms with Crippen LogP contribution in [0, 0.1) is 5.92 Å². The minimum absolute atomic E-state index is 0.359. The molecule has 1 saturated heterocycles. The predicted molar refractivity (Wildman–Crippen MR) is 30.8 cm³/mol. The average Bonchev–Trinajstić information content (AvgIpc) is 1.88. The number of hydrogen-bond donors (Lipinski definition) is 0. The zero-order chi connectivity index (χ0) is 4.20. The molecule has 1 heterocycles. The summed E-state index contributed by atoms with van der Waals surface area (Å²) in [5, 5.41) is 0. The Balaban J connectivity index is 2.22. The Hall–Kier alpha value is 0.690. The van der Waals surface area contributed by atoms with Crippen molar-refractivity contribution in [2.75, 3.05) is 6.61 Å². The summed E-state index contributed by atoms with van der Waals surface area (Å²) in [5.41, 5.74) is 0. The summed E-state index contributed by atoms with van der Waals surface area (Å²) in [5.74, 6) is 0.943. The largest absolute Gasteiger partial charge is 0.364 e. The number of hydrogen-bond acceptors (Lipinski definition) is 1. The maximum absolute atomic E-state index is 5.18. The molecule has 1 nitrogen and oxygen atoms in total. The Labute approximate surface area is 50.2 Å². The molecular weight excluding hydrogens is 191 g/mol. The Morgan fingerprint density at radius 1 is 1.83 bits per heavy atom. The first-order valence-corrected chi connectivity index (χ1v) is 3.22. The summed E-state index contributed by atoms with van der Waals surface area (Å²) in [6.07, 6.45) is 1.31. The van der Waals surface area contributed by atoms with Crippen LogP contribution in [0.15, 0.2) is 0 Å². The molecule has 1 aliphatic carbocycles. The van der Waals surface area contributed by atoms with E-state index in [1.165, 1.54) is 6.42 Å². The molecular formula is C4H5IO.